The number of likely N-dealkylation sites (N-methyl/N-ethyl adjacent to an activating group) is 1. The van der Waals surface area contributed by atoms with Gasteiger partial charge in [-0.25, -0.2) is 9.97 Å². The molecular weight excluding hydrogens is 474 g/mol. The lowest BCUT2D eigenvalue weighted by Gasteiger charge is -2.49. The molecule has 0 radical (unpaired) electrons. The van der Waals surface area contributed by atoms with Crippen LogP contribution in [-0.2, 0) is 4.79 Å². The van der Waals surface area contributed by atoms with Gasteiger partial charge in [0.1, 0.15) is 23.4 Å². The number of aryl methyl sites for hydroxylation is 1. The summed E-state index contributed by atoms with van der Waals surface area (Å²) in [4.78, 5) is 28.0. The first-order valence-electron chi connectivity index (χ1n) is 12.0. The molecule has 2 fully saturated rings. The summed E-state index contributed by atoms with van der Waals surface area (Å²) in [6, 6.07) is 9.77. The number of anilines is 2. The van der Waals surface area contributed by atoms with Gasteiger partial charge in [0, 0.05) is 26.2 Å². The van der Waals surface area contributed by atoms with Gasteiger partial charge in [-0.3, -0.25) is 14.6 Å². The molecule has 0 spiro atoms. The van der Waals surface area contributed by atoms with Crippen LogP contribution in [0.4, 0.5) is 11.4 Å². The van der Waals surface area contributed by atoms with Crippen LogP contribution in [0.25, 0.3) is 0 Å². The van der Waals surface area contributed by atoms with Gasteiger partial charge in [-0.2, -0.15) is 10.5 Å². The van der Waals surface area contributed by atoms with Crippen molar-refractivity contribution >= 4 is 35.0 Å². The number of aromatic nitrogens is 2. The maximum atomic E-state index is 13.8. The minimum Gasteiger partial charge on any atom is -0.474 e. The summed E-state index contributed by atoms with van der Waals surface area (Å²) in [5.41, 5.74) is 2.99. The molecule has 0 unspecified atom stereocenters. The number of ether oxygens (including phenoxy) is 1. The Bertz CT molecular complexity index is 1190. The molecule has 0 atom stereocenters. The van der Waals surface area contributed by atoms with Gasteiger partial charge in [-0.15, -0.1) is 0 Å². The molecule has 2 aliphatic rings. The largest absolute Gasteiger partial charge is 0.474 e. The highest BCUT2D eigenvalue weighted by atomic mass is 32.1. The fourth-order valence-electron chi connectivity index (χ4n) is 4.81. The van der Waals surface area contributed by atoms with E-state index in [1.54, 1.807) is 19.2 Å². The van der Waals surface area contributed by atoms with E-state index < -0.39 is 5.54 Å². The minimum atomic E-state index is -0.741. The molecule has 186 valence electrons. The van der Waals surface area contributed by atoms with Crippen LogP contribution < -0.4 is 14.5 Å². The highest BCUT2D eigenvalue weighted by Crippen LogP contribution is 2.41. The van der Waals surface area contributed by atoms with Crippen molar-refractivity contribution in [3.8, 4) is 18.0 Å². The van der Waals surface area contributed by atoms with Crippen LogP contribution in [0.1, 0.15) is 43.4 Å². The standard InChI is InChI=1S/C26H29N7O2S/c1-19-14-21(17-29-23(19)15-28)33(18-36)25(34)26(8-3-9-26)31(2)20-4-5-24(30-16-20)35-22-6-11-32(12-7-22)13-10-27/h4-5,14,16-18,22H,3,6-9,11-13H2,1-2H3. The van der Waals surface area contributed by atoms with Gasteiger partial charge in [0.15, 0.2) is 0 Å². The van der Waals surface area contributed by atoms with E-state index in [0.29, 0.717) is 42.2 Å². The Kier molecular flexibility index (Phi) is 7.78. The fraction of sp³-hybridized carbons (Fsp3) is 0.462. The van der Waals surface area contributed by atoms with Gasteiger partial charge >= 0.3 is 0 Å². The molecule has 1 saturated heterocycles. The topological polar surface area (TPSA) is 109 Å². The van der Waals surface area contributed by atoms with Crippen molar-refractivity contribution in [1.82, 2.24) is 14.9 Å². The number of nitrogens with zero attached hydrogens (tertiary/aromatic N) is 7. The van der Waals surface area contributed by atoms with Gasteiger partial charge in [-0.1, -0.05) is 12.2 Å². The van der Waals surface area contributed by atoms with Crippen LogP contribution in [0.15, 0.2) is 30.6 Å². The Morgan fingerprint density at radius 1 is 1.25 bits per heavy atom. The number of amides is 1. The number of carbonyl (C=O) groups is 1. The van der Waals surface area contributed by atoms with E-state index in [9.17, 15) is 10.1 Å². The minimum absolute atomic E-state index is 0.0798. The lowest BCUT2D eigenvalue weighted by molar-refractivity contribution is -0.125. The first-order chi connectivity index (χ1) is 17.4. The number of nitriles is 2. The normalized spacial score (nSPS) is 17.2. The molecule has 9 nitrogen and oxygen atoms in total. The molecule has 36 heavy (non-hydrogen) atoms. The van der Waals surface area contributed by atoms with Crippen LogP contribution in [-0.4, -0.2) is 64.6 Å². The van der Waals surface area contributed by atoms with E-state index in [1.165, 1.54) is 16.6 Å². The van der Waals surface area contributed by atoms with Crippen molar-refractivity contribution in [2.45, 2.75) is 50.7 Å². The highest BCUT2D eigenvalue weighted by Gasteiger charge is 2.50. The molecule has 1 amide bonds. The second-order valence-electron chi connectivity index (χ2n) is 9.30. The number of hydrogen-bond acceptors (Lipinski definition) is 9. The smallest absolute Gasteiger partial charge is 0.257 e. The third-order valence-corrected chi connectivity index (χ3v) is 7.43. The van der Waals surface area contributed by atoms with Crippen LogP contribution in [0.5, 0.6) is 5.88 Å². The number of rotatable bonds is 8. The molecule has 2 aromatic heterocycles. The third kappa shape index (κ3) is 5.01. The SMILES string of the molecule is Cc1cc(N(C=S)C(=O)C2(N(C)c3ccc(OC4CCN(CC#N)CC4)nc3)CCC2)cnc1C#N. The Balaban J connectivity index is 1.46. The number of pyridine rings is 2. The highest BCUT2D eigenvalue weighted by molar-refractivity contribution is 7.79. The number of likely N-dealkylation sites (tertiary alicyclic amines) is 1. The second kappa shape index (κ2) is 11.0. The Morgan fingerprint density at radius 3 is 2.50 bits per heavy atom. The third-order valence-electron chi connectivity index (χ3n) is 7.22. The molecule has 1 aliphatic heterocycles. The van der Waals surface area contributed by atoms with Crippen LogP contribution in [0.3, 0.4) is 0 Å². The molecule has 1 saturated carbocycles. The quantitative estimate of drug-likeness (QED) is 0.395. The molecule has 0 aromatic carbocycles. The monoisotopic (exact) mass is 503 g/mol. The van der Waals surface area contributed by atoms with E-state index in [4.69, 9.17) is 22.2 Å². The summed E-state index contributed by atoms with van der Waals surface area (Å²) in [5, 5.41) is 18.0. The van der Waals surface area contributed by atoms with Crippen LogP contribution in [0.2, 0.25) is 0 Å². The van der Waals surface area contributed by atoms with Crippen LogP contribution in [0, 0.1) is 29.6 Å². The molecule has 10 heteroatoms. The molecule has 0 N–H and O–H groups in total. The first kappa shape index (κ1) is 25.5. The van der Waals surface area contributed by atoms with Crippen molar-refractivity contribution in [2.24, 2.45) is 0 Å². The lowest BCUT2D eigenvalue weighted by atomic mass is 9.74. The average Bonchev–Trinajstić information content (AvgIpc) is 2.86. The predicted molar refractivity (Wildman–Crippen MR) is 140 cm³/mol. The van der Waals surface area contributed by atoms with Gasteiger partial charge in [-0.05, 0) is 56.7 Å². The molecule has 3 heterocycles. The zero-order valence-electron chi connectivity index (χ0n) is 20.6. The maximum Gasteiger partial charge on any atom is 0.257 e. The van der Waals surface area contributed by atoms with Gasteiger partial charge < -0.3 is 9.64 Å². The van der Waals surface area contributed by atoms with Gasteiger partial charge in [0.2, 0.25) is 5.88 Å². The number of thiocarbonyl (C=S) groups is 1. The summed E-state index contributed by atoms with van der Waals surface area (Å²) in [6.45, 7) is 3.92. The van der Waals surface area contributed by atoms with E-state index in [-0.39, 0.29) is 12.0 Å². The van der Waals surface area contributed by atoms with Crippen LogP contribution >= 0.6 is 12.2 Å². The Labute approximate surface area is 216 Å². The molecule has 2 aromatic rings. The molecular formula is C26H29N7O2S. The molecule has 1 aliphatic carbocycles. The Hall–Kier alpha value is -3.60. The average molecular weight is 504 g/mol. The lowest BCUT2D eigenvalue weighted by Crippen LogP contribution is -2.62. The maximum absolute atomic E-state index is 13.8. The van der Waals surface area contributed by atoms with E-state index in [1.807, 2.05) is 30.1 Å². The fourth-order valence-corrected chi connectivity index (χ4v) is 5.02. The zero-order valence-corrected chi connectivity index (χ0v) is 21.4. The molecule has 4 rings (SSSR count). The van der Waals surface area contributed by atoms with E-state index in [0.717, 1.165) is 38.0 Å². The summed E-state index contributed by atoms with van der Waals surface area (Å²) in [6.07, 6.45) is 7.38. The van der Waals surface area contributed by atoms with Crippen molar-refractivity contribution in [3.05, 3.63) is 41.9 Å². The van der Waals surface area contributed by atoms with Crippen molar-refractivity contribution in [1.29, 1.82) is 10.5 Å². The molecule has 0 bridgehead atoms. The Morgan fingerprint density at radius 2 is 1.97 bits per heavy atom. The summed E-state index contributed by atoms with van der Waals surface area (Å²) >= 11 is 5.22. The summed E-state index contributed by atoms with van der Waals surface area (Å²) in [5.74, 6) is 0.432. The summed E-state index contributed by atoms with van der Waals surface area (Å²) < 4.78 is 6.07. The van der Waals surface area contributed by atoms with E-state index >= 15 is 0 Å². The first-order valence-corrected chi connectivity index (χ1v) is 12.5. The predicted octanol–water partition coefficient (Wildman–Crippen LogP) is 3.37. The number of piperidine rings is 1. The van der Waals surface area contributed by atoms with E-state index in [2.05, 4.69) is 20.9 Å². The second-order valence-corrected chi connectivity index (χ2v) is 9.51. The van der Waals surface area contributed by atoms with Crippen molar-refractivity contribution in [3.63, 3.8) is 0 Å². The van der Waals surface area contributed by atoms with Crippen molar-refractivity contribution < 1.29 is 9.53 Å². The van der Waals surface area contributed by atoms with Crippen molar-refractivity contribution in [2.75, 3.05) is 36.5 Å². The summed E-state index contributed by atoms with van der Waals surface area (Å²) in [7, 11) is 1.91. The number of carbonyl (C=O) groups excluding carboxylic acids is 1. The number of hydrogen-bond donors (Lipinski definition) is 0. The van der Waals surface area contributed by atoms with Gasteiger partial charge in [0.25, 0.3) is 5.91 Å². The zero-order chi connectivity index (χ0) is 25.7. The van der Waals surface area contributed by atoms with Gasteiger partial charge in [0.05, 0.1) is 41.9 Å².